The molecular weight excluding hydrogens is 358 g/mol. The van der Waals surface area contributed by atoms with Gasteiger partial charge in [-0.05, 0) is 13.0 Å². The van der Waals surface area contributed by atoms with Gasteiger partial charge in [0.2, 0.25) is 0 Å². The number of thioether (sulfide) groups is 1. The van der Waals surface area contributed by atoms with E-state index in [-0.39, 0.29) is 23.0 Å². The summed E-state index contributed by atoms with van der Waals surface area (Å²) in [5.41, 5.74) is 4.32. The van der Waals surface area contributed by atoms with Gasteiger partial charge in [-0.15, -0.1) is 0 Å². The third-order valence-electron chi connectivity index (χ3n) is 3.88. The molecule has 1 aromatic carbocycles. The van der Waals surface area contributed by atoms with E-state index in [1.54, 1.807) is 31.2 Å². The third kappa shape index (κ3) is 3.54. The van der Waals surface area contributed by atoms with Gasteiger partial charge >= 0.3 is 0 Å². The highest BCUT2D eigenvalue weighted by Gasteiger charge is 2.23. The molecule has 1 fully saturated rings. The van der Waals surface area contributed by atoms with Crippen molar-refractivity contribution in [3.05, 3.63) is 40.3 Å². The van der Waals surface area contributed by atoms with Gasteiger partial charge in [-0.2, -0.15) is 5.10 Å². The lowest BCUT2D eigenvalue weighted by molar-refractivity contribution is -0.122. The largest absolute Gasteiger partial charge is 0.323 e. The van der Waals surface area contributed by atoms with Crippen LogP contribution in [0.3, 0.4) is 0 Å². The summed E-state index contributed by atoms with van der Waals surface area (Å²) >= 11 is 1.15. The maximum Gasteiger partial charge on any atom is 0.290 e. The highest BCUT2D eigenvalue weighted by Crippen LogP contribution is 2.16. The Hall–Kier alpha value is -2.88. The van der Waals surface area contributed by atoms with Crippen LogP contribution in [0.2, 0.25) is 0 Å². The number of hydrogen-bond donors (Lipinski definition) is 2. The molecule has 1 aliphatic heterocycles. The Kier molecular flexibility index (Phi) is 5.21. The van der Waals surface area contributed by atoms with E-state index < -0.39 is 11.8 Å². The van der Waals surface area contributed by atoms with E-state index in [9.17, 15) is 19.2 Å². The fraction of sp³-hybridized carbons (Fsp3) is 0.312. The summed E-state index contributed by atoms with van der Waals surface area (Å²) in [5, 5.41) is 4.71. The molecule has 0 radical (unpaired) electrons. The minimum absolute atomic E-state index is 0.0372. The predicted octanol–water partition coefficient (Wildman–Crippen LogP) is 0.346. The molecule has 0 atom stereocenters. The molecule has 0 aliphatic carbocycles. The lowest BCUT2D eigenvalue weighted by atomic mass is 10.1. The number of amides is 3. The first-order valence-corrected chi connectivity index (χ1v) is 9.00. The number of hydrogen-bond acceptors (Lipinski definition) is 6. The first kappa shape index (κ1) is 17.9. The van der Waals surface area contributed by atoms with Crippen LogP contribution in [0.5, 0.6) is 0 Å². The summed E-state index contributed by atoms with van der Waals surface area (Å²) in [6.45, 7) is 2.43. The molecule has 136 valence electrons. The van der Waals surface area contributed by atoms with E-state index in [4.69, 9.17) is 0 Å². The highest BCUT2D eigenvalue weighted by molar-refractivity contribution is 8.13. The fourth-order valence-electron chi connectivity index (χ4n) is 2.59. The van der Waals surface area contributed by atoms with Crippen LogP contribution in [0, 0.1) is 0 Å². The van der Waals surface area contributed by atoms with Crippen molar-refractivity contribution in [3.63, 3.8) is 0 Å². The maximum absolute atomic E-state index is 12.5. The van der Waals surface area contributed by atoms with Gasteiger partial charge in [0.15, 0.2) is 5.69 Å². The van der Waals surface area contributed by atoms with Crippen LogP contribution in [-0.4, -0.2) is 50.6 Å². The van der Waals surface area contributed by atoms with Crippen LogP contribution in [0.4, 0.5) is 4.79 Å². The van der Waals surface area contributed by atoms with Crippen molar-refractivity contribution in [3.8, 4) is 0 Å². The summed E-state index contributed by atoms with van der Waals surface area (Å²) < 4.78 is 1.19. The van der Waals surface area contributed by atoms with Gasteiger partial charge in [-0.25, -0.2) is 4.68 Å². The summed E-state index contributed by atoms with van der Waals surface area (Å²) in [6, 6.07) is 6.65. The molecule has 0 saturated carbocycles. The Morgan fingerprint density at radius 2 is 1.92 bits per heavy atom. The van der Waals surface area contributed by atoms with Gasteiger partial charge in [-0.3, -0.25) is 30.0 Å². The SMILES string of the molecule is CCn1nc(C(=O)NNC(=O)CN2CCSC2=O)c2ccccc2c1=O. The molecule has 10 heteroatoms. The van der Waals surface area contributed by atoms with E-state index in [1.165, 1.54) is 9.58 Å². The standard InChI is InChI=1S/C16H17N5O4S/c1-2-21-15(24)11-6-4-3-5-10(11)13(19-21)14(23)18-17-12(22)9-20-7-8-26-16(20)25/h3-6H,2,7-9H2,1H3,(H,17,22)(H,18,23). The van der Waals surface area contributed by atoms with E-state index in [0.29, 0.717) is 29.6 Å². The van der Waals surface area contributed by atoms with Crippen LogP contribution in [0.25, 0.3) is 10.8 Å². The molecule has 0 unspecified atom stereocenters. The Labute approximate surface area is 152 Å². The van der Waals surface area contributed by atoms with E-state index in [1.807, 2.05) is 0 Å². The number of hydrazine groups is 1. The zero-order chi connectivity index (χ0) is 18.7. The van der Waals surface area contributed by atoms with Gasteiger partial charge < -0.3 is 4.90 Å². The number of fused-ring (bicyclic) bond motifs is 1. The zero-order valence-electron chi connectivity index (χ0n) is 14.0. The molecule has 0 spiro atoms. The Balaban J connectivity index is 1.75. The molecule has 2 aromatic rings. The molecule has 3 amide bonds. The van der Waals surface area contributed by atoms with Crippen LogP contribution < -0.4 is 16.4 Å². The number of rotatable bonds is 4. The summed E-state index contributed by atoms with van der Waals surface area (Å²) in [6.07, 6.45) is 0. The summed E-state index contributed by atoms with van der Waals surface area (Å²) in [7, 11) is 0. The van der Waals surface area contributed by atoms with Crippen molar-refractivity contribution in [2.75, 3.05) is 18.8 Å². The highest BCUT2D eigenvalue weighted by atomic mass is 32.2. The van der Waals surface area contributed by atoms with Gasteiger partial charge in [0, 0.05) is 24.2 Å². The molecule has 1 saturated heterocycles. The molecule has 3 rings (SSSR count). The second-order valence-corrected chi connectivity index (χ2v) is 6.60. The minimum atomic E-state index is -0.640. The van der Waals surface area contributed by atoms with Crippen molar-refractivity contribution < 1.29 is 14.4 Å². The number of aromatic nitrogens is 2. The summed E-state index contributed by atoms with van der Waals surface area (Å²) in [5.74, 6) is -0.506. The third-order valence-corrected chi connectivity index (χ3v) is 4.77. The Bertz CT molecular complexity index is 942. The van der Waals surface area contributed by atoms with E-state index >= 15 is 0 Å². The molecule has 26 heavy (non-hydrogen) atoms. The smallest absolute Gasteiger partial charge is 0.290 e. The van der Waals surface area contributed by atoms with Crippen LogP contribution >= 0.6 is 11.8 Å². The normalized spacial score (nSPS) is 13.9. The molecule has 2 heterocycles. The van der Waals surface area contributed by atoms with Gasteiger partial charge in [0.05, 0.1) is 5.39 Å². The predicted molar refractivity (Wildman–Crippen MR) is 96.7 cm³/mol. The molecule has 0 bridgehead atoms. The second kappa shape index (κ2) is 7.56. The average molecular weight is 375 g/mol. The molecule has 9 nitrogen and oxygen atoms in total. The number of nitrogens with one attached hydrogen (secondary N) is 2. The number of aryl methyl sites for hydroxylation is 1. The van der Waals surface area contributed by atoms with Crippen molar-refractivity contribution in [1.82, 2.24) is 25.5 Å². The first-order chi connectivity index (χ1) is 12.5. The van der Waals surface area contributed by atoms with Crippen molar-refractivity contribution in [2.24, 2.45) is 0 Å². The Morgan fingerprint density at radius 3 is 2.58 bits per heavy atom. The van der Waals surface area contributed by atoms with E-state index in [0.717, 1.165) is 11.8 Å². The van der Waals surface area contributed by atoms with Crippen LogP contribution in [0.1, 0.15) is 17.4 Å². The Morgan fingerprint density at radius 1 is 1.19 bits per heavy atom. The van der Waals surface area contributed by atoms with E-state index in [2.05, 4.69) is 16.0 Å². The second-order valence-electron chi connectivity index (χ2n) is 5.55. The zero-order valence-corrected chi connectivity index (χ0v) is 14.8. The first-order valence-electron chi connectivity index (χ1n) is 8.02. The van der Waals surface area contributed by atoms with Gasteiger partial charge in [-0.1, -0.05) is 30.0 Å². The van der Waals surface area contributed by atoms with Crippen molar-refractivity contribution >= 4 is 39.6 Å². The van der Waals surface area contributed by atoms with Crippen molar-refractivity contribution in [2.45, 2.75) is 13.5 Å². The number of carbonyl (C=O) groups is 3. The lowest BCUT2D eigenvalue weighted by Crippen LogP contribution is -2.47. The number of nitrogens with zero attached hydrogens (tertiary/aromatic N) is 3. The fourth-order valence-corrected chi connectivity index (χ4v) is 3.41. The summed E-state index contributed by atoms with van der Waals surface area (Å²) in [4.78, 5) is 49.6. The average Bonchev–Trinajstić information content (AvgIpc) is 3.05. The number of carbonyl (C=O) groups excluding carboxylic acids is 3. The maximum atomic E-state index is 12.5. The van der Waals surface area contributed by atoms with Crippen LogP contribution in [0.15, 0.2) is 29.1 Å². The quantitative estimate of drug-likeness (QED) is 0.746. The monoisotopic (exact) mass is 375 g/mol. The van der Waals surface area contributed by atoms with Gasteiger partial charge in [0.1, 0.15) is 6.54 Å². The lowest BCUT2D eigenvalue weighted by Gasteiger charge is -2.15. The molecule has 1 aromatic heterocycles. The topological polar surface area (TPSA) is 113 Å². The minimum Gasteiger partial charge on any atom is -0.323 e. The van der Waals surface area contributed by atoms with Crippen molar-refractivity contribution in [1.29, 1.82) is 0 Å². The number of benzene rings is 1. The van der Waals surface area contributed by atoms with Crippen LogP contribution in [-0.2, 0) is 11.3 Å². The molecular formula is C16H17N5O4S. The molecule has 1 aliphatic rings. The van der Waals surface area contributed by atoms with Gasteiger partial charge in [0.25, 0.3) is 22.6 Å². The molecule has 2 N–H and O–H groups in total.